The van der Waals surface area contributed by atoms with Crippen molar-refractivity contribution in [3.63, 3.8) is 0 Å². The molecule has 2 aromatic carbocycles. The van der Waals surface area contributed by atoms with Crippen LogP contribution < -0.4 is 0 Å². The molecule has 0 amide bonds. The van der Waals surface area contributed by atoms with Crippen molar-refractivity contribution >= 4 is 30.0 Å². The van der Waals surface area contributed by atoms with Crippen LogP contribution in [0.4, 0.5) is 4.79 Å². The van der Waals surface area contributed by atoms with Gasteiger partial charge in [0.25, 0.3) is 0 Å². The first-order valence-corrected chi connectivity index (χ1v) is 21.1. The van der Waals surface area contributed by atoms with Crippen LogP contribution in [0.15, 0.2) is 72.8 Å². The average Bonchev–Trinajstić information content (AvgIpc) is 3.36. The van der Waals surface area contributed by atoms with E-state index in [1.165, 1.54) is 33.8 Å². The Morgan fingerprint density at radius 1 is 0.714 bits per heavy atom. The van der Waals surface area contributed by atoms with Gasteiger partial charge in [-0.15, -0.1) is 0 Å². The molecule has 2 fully saturated rings. The Morgan fingerprint density at radius 3 is 1.73 bits per heavy atom. The van der Waals surface area contributed by atoms with E-state index >= 15 is 4.79 Å². The van der Waals surface area contributed by atoms with Gasteiger partial charge in [-0.05, 0) is 107 Å². The van der Waals surface area contributed by atoms with E-state index in [0.29, 0.717) is 12.0 Å². The maximum Gasteiger partial charge on any atom is 0.509 e. The van der Waals surface area contributed by atoms with Gasteiger partial charge >= 0.3 is 30.0 Å². The Labute approximate surface area is 371 Å². The number of esters is 4. The summed E-state index contributed by atoms with van der Waals surface area (Å²) in [4.78, 5) is 71.1. The van der Waals surface area contributed by atoms with Crippen molar-refractivity contribution in [3.8, 4) is 0 Å². The van der Waals surface area contributed by atoms with Crippen LogP contribution in [-0.4, -0.2) is 98.9 Å². The van der Waals surface area contributed by atoms with E-state index in [1.807, 2.05) is 37.3 Å². The molecule has 8 atom stereocenters. The van der Waals surface area contributed by atoms with Gasteiger partial charge in [0.15, 0.2) is 6.10 Å². The zero-order valence-electron chi connectivity index (χ0n) is 39.1. The predicted molar refractivity (Wildman–Crippen MR) is 229 cm³/mol. The lowest BCUT2D eigenvalue weighted by molar-refractivity contribution is -0.376. The van der Waals surface area contributed by atoms with Crippen LogP contribution in [0.3, 0.4) is 0 Å². The Hall–Kier alpha value is -4.83. The number of carbonyl (C=O) groups excluding carboxylic acids is 5. The largest absolute Gasteiger partial charge is 0.509 e. The van der Waals surface area contributed by atoms with E-state index in [9.17, 15) is 24.3 Å². The summed E-state index contributed by atoms with van der Waals surface area (Å²) in [6, 6.07) is 18.3. The van der Waals surface area contributed by atoms with E-state index in [4.69, 9.17) is 42.6 Å². The topological polar surface area (TPSA) is 189 Å². The van der Waals surface area contributed by atoms with Gasteiger partial charge in [0.2, 0.25) is 23.1 Å². The lowest BCUT2D eigenvalue weighted by Crippen LogP contribution is -2.79. The second-order valence-electron chi connectivity index (χ2n) is 20.0. The molecule has 1 N–H and O–H groups in total. The molecule has 4 rings (SSSR count). The lowest BCUT2D eigenvalue weighted by atomic mass is 9.74. The molecule has 63 heavy (non-hydrogen) atoms. The van der Waals surface area contributed by atoms with Crippen LogP contribution in [0.1, 0.15) is 114 Å². The molecule has 0 spiro atoms. The van der Waals surface area contributed by atoms with Gasteiger partial charge in [-0.2, -0.15) is 0 Å². The molecule has 0 saturated carbocycles. The summed E-state index contributed by atoms with van der Waals surface area (Å²) in [7, 11) is 0. The van der Waals surface area contributed by atoms with Crippen LogP contribution >= 0.6 is 0 Å². The molecule has 0 radical (unpaired) electrons. The summed E-state index contributed by atoms with van der Waals surface area (Å²) < 4.78 is 54.8. The van der Waals surface area contributed by atoms with Crippen molar-refractivity contribution in [3.05, 3.63) is 83.9 Å². The van der Waals surface area contributed by atoms with Crippen molar-refractivity contribution in [2.24, 2.45) is 5.92 Å². The number of hydrogen-bond acceptors (Lipinski definition) is 15. The van der Waals surface area contributed by atoms with Crippen LogP contribution in [0, 0.1) is 5.92 Å². The number of fused-ring (bicyclic) bond motifs is 2. The van der Waals surface area contributed by atoms with Gasteiger partial charge in [-0.3, -0.25) is 4.79 Å². The third kappa shape index (κ3) is 12.7. The summed E-state index contributed by atoms with van der Waals surface area (Å²) in [6.07, 6.45) is -5.33. The lowest BCUT2D eigenvalue weighted by Gasteiger charge is -2.51. The maximum absolute atomic E-state index is 15.3. The van der Waals surface area contributed by atoms with Gasteiger partial charge in [0, 0.05) is 19.3 Å². The highest BCUT2D eigenvalue weighted by Crippen LogP contribution is 2.58. The molecule has 2 bridgehead atoms. The summed E-state index contributed by atoms with van der Waals surface area (Å²) in [5.41, 5.74) is -10.0. The molecule has 2 aliphatic heterocycles. The summed E-state index contributed by atoms with van der Waals surface area (Å²) in [5, 5.41) is 13.3. The Kier molecular flexibility index (Phi) is 15.4. The average molecular weight is 883 g/mol. The standard InChI is InChI=1S/C48H66O15/c1-30(28-32-22-17-15-18-23-32)34(56-31(2)49)26-21-27-46-35(57-41(53)62-45(12,13)14)36(55-29-33-24-19-16-20-25-33)48(63-46,40(52)61-44(9,10)11)47(54,39(51)60-43(6,7)8)37(58-46)38(50)59-42(3,4)5/h15-26,30,34-37,54H,27-29H2,1-14H3/b26-21+/t30-,34-,35-,36-,37-,46+,47+,48+/m1/s1. The van der Waals surface area contributed by atoms with Crippen molar-refractivity contribution in [2.45, 2.75) is 180 Å². The van der Waals surface area contributed by atoms with E-state index in [-0.39, 0.29) is 12.5 Å². The minimum atomic E-state index is -3.46. The number of hydrogen-bond donors (Lipinski definition) is 1. The highest BCUT2D eigenvalue weighted by molar-refractivity contribution is 5.99. The molecule has 0 aromatic heterocycles. The smallest absolute Gasteiger partial charge is 0.458 e. The molecular formula is C48H66O15. The number of rotatable bonds is 14. The first-order valence-electron chi connectivity index (χ1n) is 21.1. The number of benzene rings is 2. The number of aliphatic hydroxyl groups is 1. The molecule has 2 heterocycles. The minimum absolute atomic E-state index is 0.287. The quantitative estimate of drug-likeness (QED) is 0.113. The fourth-order valence-corrected chi connectivity index (χ4v) is 7.26. The third-order valence-electron chi connectivity index (χ3n) is 9.62. The van der Waals surface area contributed by atoms with Crippen LogP contribution in [-0.2, 0) is 74.8 Å². The van der Waals surface area contributed by atoms with Gasteiger partial charge in [0.05, 0.1) is 6.61 Å². The molecule has 348 valence electrons. The highest BCUT2D eigenvalue weighted by atomic mass is 16.8. The van der Waals surface area contributed by atoms with Crippen molar-refractivity contribution < 1.29 is 71.7 Å². The van der Waals surface area contributed by atoms with Crippen molar-refractivity contribution in [2.75, 3.05) is 0 Å². The van der Waals surface area contributed by atoms with Crippen molar-refractivity contribution in [1.82, 2.24) is 0 Å². The first-order chi connectivity index (χ1) is 28.9. The number of ether oxygens (including phenoxy) is 9. The first kappa shape index (κ1) is 50.8. The molecule has 15 heteroatoms. The SMILES string of the molecule is CC(=O)O[C@H](/C=C/C[C@]12O[C@H](C(=O)OC(C)(C)C)[C@](O)(C(=O)OC(C)(C)C)[C@](C(=O)OC(C)(C)C)(O1)[C@H](OCc1ccccc1)[C@H]2OC(=O)OC(C)(C)C)[C@H](C)Cc1ccccc1. The maximum atomic E-state index is 15.3. The molecule has 15 nitrogen and oxygen atoms in total. The second-order valence-corrected chi connectivity index (χ2v) is 20.0. The van der Waals surface area contributed by atoms with Crippen LogP contribution in [0.5, 0.6) is 0 Å². The number of carbonyl (C=O) groups is 5. The summed E-state index contributed by atoms with van der Waals surface area (Å²) in [6.45, 7) is 21.5. The zero-order chi connectivity index (χ0) is 47.4. The molecule has 2 saturated heterocycles. The monoisotopic (exact) mass is 882 g/mol. The molecule has 2 aromatic rings. The van der Waals surface area contributed by atoms with Gasteiger partial charge in [0.1, 0.15) is 34.6 Å². The van der Waals surface area contributed by atoms with Gasteiger partial charge in [-0.25, -0.2) is 19.2 Å². The molecule has 0 unspecified atom stereocenters. The van der Waals surface area contributed by atoms with Gasteiger partial charge in [-0.1, -0.05) is 73.7 Å². The minimum Gasteiger partial charge on any atom is -0.458 e. The van der Waals surface area contributed by atoms with E-state index in [0.717, 1.165) is 5.56 Å². The highest BCUT2D eigenvalue weighted by Gasteiger charge is 2.87. The Morgan fingerprint density at radius 2 is 1.22 bits per heavy atom. The van der Waals surface area contributed by atoms with E-state index in [2.05, 4.69) is 0 Å². The fraction of sp³-hybridized carbons (Fsp3) is 0.604. The van der Waals surface area contributed by atoms with Crippen LogP contribution in [0.25, 0.3) is 0 Å². The van der Waals surface area contributed by atoms with Gasteiger partial charge < -0.3 is 47.7 Å². The second kappa shape index (κ2) is 19.1. The molecule has 2 aliphatic rings. The summed E-state index contributed by atoms with van der Waals surface area (Å²) in [5.74, 6) is -7.52. The van der Waals surface area contributed by atoms with E-state index < -0.39 is 100 Å². The molecular weight excluding hydrogens is 817 g/mol. The normalized spacial score (nSPS) is 26.0. The Balaban J connectivity index is 2.07. The zero-order valence-corrected chi connectivity index (χ0v) is 39.1. The Bertz CT molecular complexity index is 1950. The third-order valence-corrected chi connectivity index (χ3v) is 9.62. The predicted octanol–water partition coefficient (Wildman–Crippen LogP) is 7.27. The van der Waals surface area contributed by atoms with Crippen LogP contribution in [0.2, 0.25) is 0 Å². The van der Waals surface area contributed by atoms with Crippen molar-refractivity contribution in [1.29, 1.82) is 0 Å². The summed E-state index contributed by atoms with van der Waals surface area (Å²) >= 11 is 0. The molecule has 0 aliphatic carbocycles. The fourth-order valence-electron chi connectivity index (χ4n) is 7.26. The van der Waals surface area contributed by atoms with E-state index in [1.54, 1.807) is 98.7 Å².